The average molecular weight is 395 g/mol. The second kappa shape index (κ2) is 11.8. The summed E-state index contributed by atoms with van der Waals surface area (Å²) in [6, 6.07) is 10.7. The summed E-state index contributed by atoms with van der Waals surface area (Å²) in [5.41, 5.74) is 7.03. The maximum absolute atomic E-state index is 11.0. The highest BCUT2D eigenvalue weighted by molar-refractivity contribution is 5.76. The van der Waals surface area contributed by atoms with Gasteiger partial charge in [0.05, 0.1) is 6.61 Å². The van der Waals surface area contributed by atoms with Gasteiger partial charge < -0.3 is 4.74 Å². The van der Waals surface area contributed by atoms with E-state index in [4.69, 9.17) is 4.74 Å². The van der Waals surface area contributed by atoms with Crippen molar-refractivity contribution in [3.63, 3.8) is 0 Å². The number of aryl methyl sites for hydroxylation is 4. The van der Waals surface area contributed by atoms with E-state index in [0.29, 0.717) is 5.92 Å². The lowest BCUT2D eigenvalue weighted by Gasteiger charge is -2.19. The van der Waals surface area contributed by atoms with E-state index in [0.717, 1.165) is 48.2 Å². The predicted molar refractivity (Wildman–Crippen MR) is 123 cm³/mol. The molecule has 2 heteroatoms. The normalized spacial score (nSPS) is 12.0. The van der Waals surface area contributed by atoms with Crippen molar-refractivity contribution in [3.05, 3.63) is 63.7 Å². The fraction of sp³-hybridized carbons (Fsp3) is 0.519. The molecule has 0 saturated heterocycles. The second-order valence-electron chi connectivity index (χ2n) is 8.58. The van der Waals surface area contributed by atoms with E-state index >= 15 is 0 Å². The van der Waals surface area contributed by atoms with Crippen molar-refractivity contribution in [1.82, 2.24) is 0 Å². The molecule has 29 heavy (non-hydrogen) atoms. The highest BCUT2D eigenvalue weighted by Gasteiger charge is 2.12. The van der Waals surface area contributed by atoms with Crippen LogP contribution in [0.2, 0.25) is 0 Å². The summed E-state index contributed by atoms with van der Waals surface area (Å²) in [6.45, 7) is 11.4. The van der Waals surface area contributed by atoms with Gasteiger partial charge in [-0.2, -0.15) is 0 Å². The van der Waals surface area contributed by atoms with Gasteiger partial charge in [-0.05, 0) is 92.8 Å². The Morgan fingerprint density at radius 3 is 2.17 bits per heavy atom. The average Bonchev–Trinajstić information content (AvgIpc) is 2.69. The van der Waals surface area contributed by atoms with Gasteiger partial charge >= 0.3 is 0 Å². The number of ether oxygens (including phenoxy) is 1. The molecular formula is C27H38O2. The zero-order valence-electron chi connectivity index (χ0n) is 19.0. The third-order valence-electron chi connectivity index (χ3n) is 5.93. The fourth-order valence-corrected chi connectivity index (χ4v) is 4.12. The Balaban J connectivity index is 1.91. The summed E-state index contributed by atoms with van der Waals surface area (Å²) >= 11 is 0. The maximum Gasteiger partial charge on any atom is 0.150 e. The highest BCUT2D eigenvalue weighted by atomic mass is 16.5. The number of aldehydes is 1. The number of benzene rings is 2. The molecular weight excluding hydrogens is 356 g/mol. The number of hydrogen-bond donors (Lipinski definition) is 0. The molecule has 0 aromatic heterocycles. The van der Waals surface area contributed by atoms with E-state index in [1.54, 1.807) is 0 Å². The van der Waals surface area contributed by atoms with Crippen molar-refractivity contribution in [2.45, 2.75) is 79.6 Å². The lowest BCUT2D eigenvalue weighted by molar-refractivity contribution is 0.112. The molecule has 158 valence electrons. The van der Waals surface area contributed by atoms with E-state index in [9.17, 15) is 4.79 Å². The number of unbranched alkanes of at least 4 members (excludes halogenated alkanes) is 2. The lowest BCUT2D eigenvalue weighted by Crippen LogP contribution is -2.09. The largest absolute Gasteiger partial charge is 0.493 e. The topological polar surface area (TPSA) is 26.3 Å². The third-order valence-corrected chi connectivity index (χ3v) is 5.93. The SMILES string of the molecule is CCCCC[C@@H](CCCOc1c(C)cc(C=O)cc1C)Cc1ccc(C)c(C)c1. The van der Waals surface area contributed by atoms with Crippen molar-refractivity contribution in [1.29, 1.82) is 0 Å². The van der Waals surface area contributed by atoms with Gasteiger partial charge in [-0.1, -0.05) is 50.8 Å². The lowest BCUT2D eigenvalue weighted by atomic mass is 9.89. The molecule has 2 aromatic rings. The van der Waals surface area contributed by atoms with Crippen molar-refractivity contribution in [2.24, 2.45) is 5.92 Å². The number of rotatable bonds is 12. The molecule has 0 aliphatic rings. The number of carbonyl (C=O) groups excluding carboxylic acids is 1. The Labute approximate surface area is 177 Å². The molecule has 0 radical (unpaired) electrons. The van der Waals surface area contributed by atoms with Crippen molar-refractivity contribution in [2.75, 3.05) is 6.61 Å². The molecule has 0 saturated carbocycles. The van der Waals surface area contributed by atoms with Crippen LogP contribution in [-0.2, 0) is 6.42 Å². The fourth-order valence-electron chi connectivity index (χ4n) is 4.12. The van der Waals surface area contributed by atoms with Gasteiger partial charge in [0.25, 0.3) is 0 Å². The summed E-state index contributed by atoms with van der Waals surface area (Å²) in [4.78, 5) is 11.0. The quantitative estimate of drug-likeness (QED) is 0.278. The smallest absolute Gasteiger partial charge is 0.150 e. The zero-order chi connectivity index (χ0) is 21.2. The van der Waals surface area contributed by atoms with Crippen LogP contribution in [-0.4, -0.2) is 12.9 Å². The van der Waals surface area contributed by atoms with E-state index in [2.05, 4.69) is 39.0 Å². The molecule has 0 spiro atoms. The van der Waals surface area contributed by atoms with Gasteiger partial charge in [-0.25, -0.2) is 0 Å². The second-order valence-corrected chi connectivity index (χ2v) is 8.58. The van der Waals surface area contributed by atoms with Crippen LogP contribution >= 0.6 is 0 Å². The van der Waals surface area contributed by atoms with Crippen LogP contribution in [0.4, 0.5) is 0 Å². The predicted octanol–water partition coefficient (Wildman–Crippen LogP) is 7.33. The molecule has 0 aliphatic heterocycles. The standard InChI is InChI=1S/C27H38O2/c1-6-7-8-10-24(18-25-13-12-20(2)21(3)15-25)11-9-14-29-27-22(4)16-26(19-28)17-23(27)5/h12-13,15-17,19,24H,6-11,14,18H2,1-5H3/t24-/m0/s1. The number of hydrogen-bond acceptors (Lipinski definition) is 2. The van der Waals surface area contributed by atoms with Crippen molar-refractivity contribution >= 4 is 6.29 Å². The first kappa shape index (κ1) is 23.2. The molecule has 0 unspecified atom stereocenters. The first-order chi connectivity index (χ1) is 13.9. The molecule has 1 atom stereocenters. The van der Waals surface area contributed by atoms with Gasteiger partial charge in [0.2, 0.25) is 0 Å². The van der Waals surface area contributed by atoms with Crippen molar-refractivity contribution in [3.8, 4) is 5.75 Å². The Hall–Kier alpha value is -2.09. The molecule has 0 N–H and O–H groups in total. The van der Waals surface area contributed by atoms with Gasteiger partial charge in [0, 0.05) is 5.56 Å². The van der Waals surface area contributed by atoms with Crippen LogP contribution in [0.3, 0.4) is 0 Å². The maximum atomic E-state index is 11.0. The Kier molecular flexibility index (Phi) is 9.44. The van der Waals surface area contributed by atoms with Crippen LogP contribution in [0, 0.1) is 33.6 Å². The Bertz CT molecular complexity index is 768. The van der Waals surface area contributed by atoms with Gasteiger partial charge in [-0.3, -0.25) is 4.79 Å². The summed E-state index contributed by atoms with van der Waals surface area (Å²) in [5.74, 6) is 1.65. The monoisotopic (exact) mass is 394 g/mol. The minimum Gasteiger partial charge on any atom is -0.493 e. The molecule has 0 heterocycles. The van der Waals surface area contributed by atoms with E-state index < -0.39 is 0 Å². The van der Waals surface area contributed by atoms with Crippen molar-refractivity contribution < 1.29 is 9.53 Å². The Morgan fingerprint density at radius 1 is 0.862 bits per heavy atom. The molecule has 0 amide bonds. The summed E-state index contributed by atoms with van der Waals surface area (Å²) in [6.07, 6.45) is 9.53. The highest BCUT2D eigenvalue weighted by Crippen LogP contribution is 2.26. The van der Waals surface area contributed by atoms with Crippen LogP contribution in [0.1, 0.15) is 83.6 Å². The third kappa shape index (κ3) is 7.34. The first-order valence-electron chi connectivity index (χ1n) is 11.2. The molecule has 0 aliphatic carbocycles. The van der Waals surface area contributed by atoms with Crippen LogP contribution in [0.25, 0.3) is 0 Å². The molecule has 2 nitrogen and oxygen atoms in total. The van der Waals surface area contributed by atoms with Gasteiger partial charge in [0.1, 0.15) is 12.0 Å². The minimum absolute atomic E-state index is 0.715. The van der Waals surface area contributed by atoms with Crippen LogP contribution in [0.15, 0.2) is 30.3 Å². The molecule has 2 rings (SSSR count). The first-order valence-corrected chi connectivity index (χ1v) is 11.2. The molecule has 0 fully saturated rings. The van der Waals surface area contributed by atoms with E-state index in [1.807, 2.05) is 26.0 Å². The van der Waals surface area contributed by atoms with E-state index in [1.165, 1.54) is 48.8 Å². The van der Waals surface area contributed by atoms with Gasteiger partial charge in [-0.15, -0.1) is 0 Å². The molecule has 0 bridgehead atoms. The minimum atomic E-state index is 0.715. The number of carbonyl (C=O) groups is 1. The summed E-state index contributed by atoms with van der Waals surface area (Å²) in [7, 11) is 0. The molecule has 2 aromatic carbocycles. The summed E-state index contributed by atoms with van der Waals surface area (Å²) < 4.78 is 6.11. The zero-order valence-corrected chi connectivity index (χ0v) is 19.0. The van der Waals surface area contributed by atoms with E-state index in [-0.39, 0.29) is 0 Å². The van der Waals surface area contributed by atoms with Crippen LogP contribution in [0.5, 0.6) is 5.75 Å². The Morgan fingerprint density at radius 2 is 1.55 bits per heavy atom. The van der Waals surface area contributed by atoms with Gasteiger partial charge in [0.15, 0.2) is 0 Å². The summed E-state index contributed by atoms with van der Waals surface area (Å²) in [5, 5.41) is 0. The van der Waals surface area contributed by atoms with Crippen LogP contribution < -0.4 is 4.74 Å².